The van der Waals surface area contributed by atoms with Gasteiger partial charge in [-0.05, 0) is 49.2 Å². The number of methoxy groups -OCH3 is 1. The van der Waals surface area contributed by atoms with E-state index in [1.165, 1.54) is 19.2 Å². The van der Waals surface area contributed by atoms with Gasteiger partial charge >= 0.3 is 5.97 Å². The van der Waals surface area contributed by atoms with Crippen LogP contribution in [0.4, 0.5) is 4.39 Å². The number of hydrogen-bond donors (Lipinski definition) is 0. The second kappa shape index (κ2) is 6.96. The summed E-state index contributed by atoms with van der Waals surface area (Å²) in [5.41, 5.74) is 1.12. The van der Waals surface area contributed by atoms with E-state index in [0.29, 0.717) is 6.54 Å². The van der Waals surface area contributed by atoms with Gasteiger partial charge in [0.25, 0.3) is 0 Å². The van der Waals surface area contributed by atoms with Gasteiger partial charge in [-0.25, -0.2) is 9.18 Å². The number of esters is 1. The van der Waals surface area contributed by atoms with Crippen molar-refractivity contribution in [2.24, 2.45) is 0 Å². The number of likely N-dealkylation sites (tertiary alicyclic amines) is 1. The Morgan fingerprint density at radius 1 is 1.26 bits per heavy atom. The van der Waals surface area contributed by atoms with Gasteiger partial charge in [-0.15, -0.1) is 0 Å². The minimum absolute atomic E-state index is 0.218. The predicted molar refractivity (Wildman–Crippen MR) is 83.4 cm³/mol. The van der Waals surface area contributed by atoms with Crippen molar-refractivity contribution in [3.05, 3.63) is 59.3 Å². The SMILES string of the molecule is COC(=O)c1ccc(CN2CCCC[C@@H]2c2ccc(F)cc2)o1. The lowest BCUT2D eigenvalue weighted by molar-refractivity contribution is 0.0558. The molecule has 23 heavy (non-hydrogen) atoms. The zero-order chi connectivity index (χ0) is 16.2. The number of benzene rings is 1. The summed E-state index contributed by atoms with van der Waals surface area (Å²) in [5, 5.41) is 0. The van der Waals surface area contributed by atoms with Crippen molar-refractivity contribution in [2.45, 2.75) is 31.8 Å². The fraction of sp³-hybridized carbons (Fsp3) is 0.389. The molecule has 4 nitrogen and oxygen atoms in total. The monoisotopic (exact) mass is 317 g/mol. The van der Waals surface area contributed by atoms with E-state index in [0.717, 1.165) is 37.1 Å². The number of carbonyl (C=O) groups is 1. The summed E-state index contributed by atoms with van der Waals surface area (Å²) in [4.78, 5) is 13.8. The molecule has 122 valence electrons. The van der Waals surface area contributed by atoms with Crippen molar-refractivity contribution in [1.29, 1.82) is 0 Å². The van der Waals surface area contributed by atoms with Gasteiger partial charge < -0.3 is 9.15 Å². The smallest absolute Gasteiger partial charge is 0.373 e. The van der Waals surface area contributed by atoms with Crippen LogP contribution in [0.5, 0.6) is 0 Å². The van der Waals surface area contributed by atoms with Gasteiger partial charge in [-0.3, -0.25) is 4.90 Å². The molecular formula is C18H20FNO3. The zero-order valence-electron chi connectivity index (χ0n) is 13.1. The van der Waals surface area contributed by atoms with E-state index in [-0.39, 0.29) is 17.6 Å². The summed E-state index contributed by atoms with van der Waals surface area (Å²) in [6, 6.07) is 10.4. The minimum atomic E-state index is -0.468. The summed E-state index contributed by atoms with van der Waals surface area (Å²) in [7, 11) is 1.33. The maximum atomic E-state index is 13.1. The molecule has 0 spiro atoms. The van der Waals surface area contributed by atoms with E-state index in [1.54, 1.807) is 6.07 Å². The van der Waals surface area contributed by atoms with Gasteiger partial charge in [0.05, 0.1) is 13.7 Å². The normalized spacial score (nSPS) is 18.8. The number of hydrogen-bond acceptors (Lipinski definition) is 4. The molecule has 0 N–H and O–H groups in total. The predicted octanol–water partition coefficient (Wildman–Crippen LogP) is 3.93. The summed E-state index contributed by atoms with van der Waals surface area (Å²) in [6.45, 7) is 1.58. The molecule has 0 amide bonds. The van der Waals surface area contributed by atoms with E-state index in [9.17, 15) is 9.18 Å². The first-order valence-electron chi connectivity index (χ1n) is 7.84. The molecule has 0 saturated carbocycles. The molecule has 1 aromatic heterocycles. The number of ether oxygens (including phenoxy) is 1. The first-order valence-corrected chi connectivity index (χ1v) is 7.84. The Bertz CT molecular complexity index is 665. The van der Waals surface area contributed by atoms with E-state index in [2.05, 4.69) is 9.64 Å². The number of furan rings is 1. The largest absolute Gasteiger partial charge is 0.463 e. The molecular weight excluding hydrogens is 297 g/mol. The average Bonchev–Trinajstić information content (AvgIpc) is 3.04. The molecule has 2 heterocycles. The van der Waals surface area contributed by atoms with Crippen LogP contribution in [-0.4, -0.2) is 24.5 Å². The second-order valence-electron chi connectivity index (χ2n) is 5.79. The molecule has 2 aromatic rings. The highest BCUT2D eigenvalue weighted by molar-refractivity contribution is 5.86. The lowest BCUT2D eigenvalue weighted by Gasteiger charge is -2.35. The third-order valence-electron chi connectivity index (χ3n) is 4.28. The first kappa shape index (κ1) is 15.7. The Labute approximate surface area is 134 Å². The quantitative estimate of drug-likeness (QED) is 0.801. The van der Waals surface area contributed by atoms with Gasteiger partial charge in [0.15, 0.2) is 0 Å². The number of piperidine rings is 1. The summed E-state index contributed by atoms with van der Waals surface area (Å²) < 4.78 is 23.4. The third-order valence-corrected chi connectivity index (χ3v) is 4.28. The Morgan fingerprint density at radius 2 is 2.04 bits per heavy atom. The fourth-order valence-electron chi connectivity index (χ4n) is 3.12. The van der Waals surface area contributed by atoms with Crippen LogP contribution in [0.25, 0.3) is 0 Å². The zero-order valence-corrected chi connectivity index (χ0v) is 13.1. The van der Waals surface area contributed by atoms with Crippen LogP contribution >= 0.6 is 0 Å². The second-order valence-corrected chi connectivity index (χ2v) is 5.79. The van der Waals surface area contributed by atoms with Crippen LogP contribution in [0.3, 0.4) is 0 Å². The standard InChI is InChI=1S/C18H20FNO3/c1-22-18(21)17-10-9-15(23-17)12-20-11-3-2-4-16(20)13-5-7-14(19)8-6-13/h5-10,16H,2-4,11-12H2,1H3/t16-/m1/s1. The summed E-state index contributed by atoms with van der Waals surface area (Å²) in [5.74, 6) is 0.270. The van der Waals surface area contributed by atoms with Crippen molar-refractivity contribution in [1.82, 2.24) is 4.90 Å². The topological polar surface area (TPSA) is 42.7 Å². The van der Waals surface area contributed by atoms with Crippen molar-refractivity contribution in [3.8, 4) is 0 Å². The van der Waals surface area contributed by atoms with Gasteiger partial charge in [-0.2, -0.15) is 0 Å². The van der Waals surface area contributed by atoms with Crippen molar-refractivity contribution < 1.29 is 18.3 Å². The molecule has 5 heteroatoms. The van der Waals surface area contributed by atoms with Crippen molar-refractivity contribution >= 4 is 5.97 Å². The molecule has 1 fully saturated rings. The van der Waals surface area contributed by atoms with Gasteiger partial charge in [-0.1, -0.05) is 18.6 Å². The lowest BCUT2D eigenvalue weighted by Crippen LogP contribution is -2.32. The van der Waals surface area contributed by atoms with Crippen LogP contribution in [0.1, 0.15) is 47.2 Å². The van der Waals surface area contributed by atoms with E-state index >= 15 is 0 Å². The van der Waals surface area contributed by atoms with E-state index in [1.807, 2.05) is 18.2 Å². The molecule has 0 unspecified atom stereocenters. The summed E-state index contributed by atoms with van der Waals surface area (Å²) >= 11 is 0. The maximum Gasteiger partial charge on any atom is 0.373 e. The lowest BCUT2D eigenvalue weighted by atomic mass is 9.95. The van der Waals surface area contributed by atoms with Crippen LogP contribution in [0.15, 0.2) is 40.8 Å². The Kier molecular flexibility index (Phi) is 4.76. The maximum absolute atomic E-state index is 13.1. The highest BCUT2D eigenvalue weighted by atomic mass is 19.1. The van der Waals surface area contributed by atoms with Crippen molar-refractivity contribution in [3.63, 3.8) is 0 Å². The number of carbonyl (C=O) groups excluding carboxylic acids is 1. The van der Waals surface area contributed by atoms with E-state index < -0.39 is 5.97 Å². The first-order chi connectivity index (χ1) is 11.2. The van der Waals surface area contributed by atoms with Crippen LogP contribution in [0, 0.1) is 5.82 Å². The molecule has 1 aliphatic rings. The summed E-state index contributed by atoms with van der Waals surface area (Å²) in [6.07, 6.45) is 3.32. The van der Waals surface area contributed by atoms with E-state index in [4.69, 9.17) is 4.42 Å². The van der Waals surface area contributed by atoms with Crippen LogP contribution in [-0.2, 0) is 11.3 Å². The van der Waals surface area contributed by atoms with Gasteiger partial charge in [0.2, 0.25) is 5.76 Å². The molecule has 0 aliphatic carbocycles. The highest BCUT2D eigenvalue weighted by Gasteiger charge is 2.25. The van der Waals surface area contributed by atoms with Crippen LogP contribution < -0.4 is 0 Å². The third kappa shape index (κ3) is 3.62. The fourth-order valence-corrected chi connectivity index (χ4v) is 3.12. The number of rotatable bonds is 4. The molecule has 1 aromatic carbocycles. The molecule has 1 aliphatic heterocycles. The Hall–Kier alpha value is -2.14. The average molecular weight is 317 g/mol. The minimum Gasteiger partial charge on any atom is -0.463 e. The van der Waals surface area contributed by atoms with Gasteiger partial charge in [0, 0.05) is 6.04 Å². The molecule has 1 atom stereocenters. The molecule has 0 radical (unpaired) electrons. The molecule has 1 saturated heterocycles. The van der Waals surface area contributed by atoms with Crippen LogP contribution in [0.2, 0.25) is 0 Å². The number of nitrogens with zero attached hydrogens (tertiary/aromatic N) is 1. The van der Waals surface area contributed by atoms with Crippen molar-refractivity contribution in [2.75, 3.05) is 13.7 Å². The Morgan fingerprint density at radius 3 is 2.78 bits per heavy atom. The number of halogens is 1. The Balaban J connectivity index is 1.75. The van der Waals surface area contributed by atoms with Gasteiger partial charge in [0.1, 0.15) is 11.6 Å². The highest BCUT2D eigenvalue weighted by Crippen LogP contribution is 2.32. The molecule has 0 bridgehead atoms. The molecule has 3 rings (SSSR count).